The van der Waals surface area contributed by atoms with Crippen LogP contribution in [0.1, 0.15) is 30.2 Å². The molecule has 0 spiro atoms. The van der Waals surface area contributed by atoms with E-state index in [4.69, 9.17) is 21.6 Å². The van der Waals surface area contributed by atoms with E-state index in [0.29, 0.717) is 16.3 Å². The van der Waals surface area contributed by atoms with Crippen molar-refractivity contribution in [2.24, 2.45) is 0 Å². The van der Waals surface area contributed by atoms with Crippen LogP contribution in [0.5, 0.6) is 5.75 Å². The molecule has 2 atom stereocenters. The molecular formula is C18H16ClNO2S. The van der Waals surface area contributed by atoms with Crippen molar-refractivity contribution in [3.05, 3.63) is 58.6 Å². The van der Waals surface area contributed by atoms with Crippen molar-refractivity contribution in [1.29, 1.82) is 5.26 Å². The number of nitrogens with zero attached hydrogens (tertiary/aromatic N) is 1. The third-order valence-corrected chi connectivity index (χ3v) is 5.46. The van der Waals surface area contributed by atoms with Crippen molar-refractivity contribution in [2.75, 3.05) is 0 Å². The van der Waals surface area contributed by atoms with Crippen molar-refractivity contribution in [1.82, 2.24) is 0 Å². The van der Waals surface area contributed by atoms with E-state index in [1.165, 1.54) is 0 Å². The quantitative estimate of drug-likeness (QED) is 0.865. The van der Waals surface area contributed by atoms with Crippen LogP contribution in [0.2, 0.25) is 5.02 Å². The van der Waals surface area contributed by atoms with Crippen LogP contribution in [0.4, 0.5) is 0 Å². The molecule has 0 aromatic heterocycles. The predicted octanol–water partition coefficient (Wildman–Crippen LogP) is 4.58. The minimum atomic E-state index is -0.704. The summed E-state index contributed by atoms with van der Waals surface area (Å²) in [6.07, 6.45) is -0.704. The lowest BCUT2D eigenvalue weighted by molar-refractivity contribution is -0.0429. The number of aliphatic hydroxyl groups excluding tert-OH is 1. The van der Waals surface area contributed by atoms with Gasteiger partial charge in [-0.25, -0.2) is 0 Å². The summed E-state index contributed by atoms with van der Waals surface area (Å²) in [7, 11) is 0. The molecule has 0 saturated carbocycles. The van der Waals surface area contributed by atoms with E-state index in [1.54, 1.807) is 30.0 Å². The van der Waals surface area contributed by atoms with Crippen molar-refractivity contribution in [2.45, 2.75) is 35.7 Å². The van der Waals surface area contributed by atoms with Crippen molar-refractivity contribution >= 4 is 23.4 Å². The molecule has 1 aliphatic rings. The zero-order valence-corrected chi connectivity index (χ0v) is 14.4. The fourth-order valence-corrected chi connectivity index (χ4v) is 4.08. The highest BCUT2D eigenvalue weighted by atomic mass is 35.5. The fourth-order valence-electron chi connectivity index (χ4n) is 2.60. The highest BCUT2D eigenvalue weighted by Crippen LogP contribution is 2.49. The molecule has 23 heavy (non-hydrogen) atoms. The summed E-state index contributed by atoms with van der Waals surface area (Å²) in [5.74, 6) is 0.714. The second-order valence-corrected chi connectivity index (χ2v) is 7.66. The number of thioether (sulfide) groups is 1. The summed E-state index contributed by atoms with van der Waals surface area (Å²) >= 11 is 7.48. The number of rotatable bonds is 2. The van der Waals surface area contributed by atoms with Gasteiger partial charge in [0, 0.05) is 15.5 Å². The van der Waals surface area contributed by atoms with Crippen LogP contribution < -0.4 is 4.74 Å². The summed E-state index contributed by atoms with van der Waals surface area (Å²) in [5.41, 5.74) is 0.697. The van der Waals surface area contributed by atoms with Gasteiger partial charge in [0.05, 0.1) is 16.9 Å². The average molecular weight is 346 g/mol. The van der Waals surface area contributed by atoms with Crippen LogP contribution in [0.3, 0.4) is 0 Å². The van der Waals surface area contributed by atoms with Gasteiger partial charge in [-0.1, -0.05) is 11.6 Å². The fraction of sp³-hybridized carbons (Fsp3) is 0.278. The summed E-state index contributed by atoms with van der Waals surface area (Å²) in [5, 5.41) is 20.4. The summed E-state index contributed by atoms with van der Waals surface area (Å²) in [6, 6.07) is 15.0. The molecule has 0 radical (unpaired) electrons. The molecule has 3 nitrogen and oxygen atoms in total. The highest BCUT2D eigenvalue weighted by Gasteiger charge is 2.43. The van der Waals surface area contributed by atoms with Gasteiger partial charge in [-0.15, -0.1) is 11.8 Å². The smallest absolute Gasteiger partial charge is 0.131 e. The van der Waals surface area contributed by atoms with Crippen molar-refractivity contribution < 1.29 is 9.84 Å². The number of hydrogen-bond acceptors (Lipinski definition) is 4. The van der Waals surface area contributed by atoms with Gasteiger partial charge < -0.3 is 9.84 Å². The van der Waals surface area contributed by atoms with Crippen LogP contribution >= 0.6 is 23.4 Å². The number of hydrogen-bond donors (Lipinski definition) is 1. The summed E-state index contributed by atoms with van der Waals surface area (Å²) in [6.45, 7) is 3.74. The van der Waals surface area contributed by atoms with E-state index in [0.717, 1.165) is 10.5 Å². The number of ether oxygens (including phenoxy) is 1. The molecule has 5 heteroatoms. The molecule has 0 fully saturated rings. The summed E-state index contributed by atoms with van der Waals surface area (Å²) in [4.78, 5) is 1.00. The molecule has 2 aromatic carbocycles. The van der Waals surface area contributed by atoms with Crippen LogP contribution in [-0.4, -0.2) is 16.8 Å². The molecule has 0 unspecified atom stereocenters. The molecule has 1 N–H and O–H groups in total. The lowest BCUT2D eigenvalue weighted by Gasteiger charge is -2.41. The maximum atomic E-state index is 10.8. The molecule has 0 amide bonds. The van der Waals surface area contributed by atoms with Gasteiger partial charge >= 0.3 is 0 Å². The Kier molecular flexibility index (Phi) is 4.29. The molecule has 0 bridgehead atoms. The van der Waals surface area contributed by atoms with Crippen LogP contribution in [0, 0.1) is 11.3 Å². The minimum absolute atomic E-state index is 0.219. The normalized spacial score (nSPS) is 21.9. The molecule has 3 rings (SSSR count). The molecular weight excluding hydrogens is 330 g/mol. The van der Waals surface area contributed by atoms with Gasteiger partial charge in [-0.2, -0.15) is 5.26 Å². The monoisotopic (exact) mass is 345 g/mol. The maximum absolute atomic E-state index is 10.8. The Morgan fingerprint density at radius 1 is 1.22 bits per heavy atom. The van der Waals surface area contributed by atoms with Gasteiger partial charge in [0.15, 0.2) is 0 Å². The lowest BCUT2D eigenvalue weighted by Crippen LogP contribution is -2.48. The standard InChI is InChI=1S/C18H16ClNO2S/c1-18(2)17(21)16(23-13-6-4-12(19)5-7-13)14-9-11(10-20)3-8-15(14)22-18/h3-9,16-17,21H,1-2H3/t16-,17+/m0/s1. The third-order valence-electron chi connectivity index (χ3n) is 3.89. The Labute approximate surface area is 144 Å². The van der Waals surface area contributed by atoms with Crippen molar-refractivity contribution in [3.8, 4) is 11.8 Å². The van der Waals surface area contributed by atoms with Gasteiger partial charge in [0.1, 0.15) is 17.5 Å². The Hall–Kier alpha value is -1.67. The first-order valence-corrected chi connectivity index (χ1v) is 8.50. The molecule has 1 aliphatic heterocycles. The highest BCUT2D eigenvalue weighted by molar-refractivity contribution is 7.99. The first-order chi connectivity index (χ1) is 10.9. The number of fused-ring (bicyclic) bond motifs is 1. The number of benzene rings is 2. The number of aliphatic hydroxyl groups is 1. The molecule has 2 aromatic rings. The lowest BCUT2D eigenvalue weighted by atomic mass is 9.90. The number of halogens is 1. The Balaban J connectivity index is 2.03. The van der Waals surface area contributed by atoms with Gasteiger partial charge in [-0.05, 0) is 56.3 Å². The second-order valence-electron chi connectivity index (χ2n) is 6.01. The van der Waals surface area contributed by atoms with Crippen LogP contribution in [0.25, 0.3) is 0 Å². The van der Waals surface area contributed by atoms with E-state index in [2.05, 4.69) is 6.07 Å². The maximum Gasteiger partial charge on any atom is 0.131 e. The minimum Gasteiger partial charge on any atom is -0.485 e. The largest absolute Gasteiger partial charge is 0.485 e. The van der Waals surface area contributed by atoms with Crippen molar-refractivity contribution in [3.63, 3.8) is 0 Å². The van der Waals surface area contributed by atoms with Gasteiger partial charge in [0.2, 0.25) is 0 Å². The van der Waals surface area contributed by atoms with Crippen LogP contribution in [0.15, 0.2) is 47.4 Å². The second kappa shape index (κ2) is 6.09. The van der Waals surface area contributed by atoms with Crippen LogP contribution in [-0.2, 0) is 0 Å². The average Bonchev–Trinajstić information content (AvgIpc) is 2.53. The topological polar surface area (TPSA) is 53.2 Å². The Morgan fingerprint density at radius 3 is 2.57 bits per heavy atom. The number of nitriles is 1. The van der Waals surface area contributed by atoms with E-state index >= 15 is 0 Å². The van der Waals surface area contributed by atoms with E-state index in [-0.39, 0.29) is 5.25 Å². The first kappa shape index (κ1) is 16.2. The zero-order valence-electron chi connectivity index (χ0n) is 12.8. The first-order valence-electron chi connectivity index (χ1n) is 7.24. The molecule has 1 heterocycles. The molecule has 0 aliphatic carbocycles. The third kappa shape index (κ3) is 3.18. The molecule has 0 saturated heterocycles. The predicted molar refractivity (Wildman–Crippen MR) is 91.9 cm³/mol. The van der Waals surface area contributed by atoms with E-state index in [9.17, 15) is 5.11 Å². The van der Waals surface area contributed by atoms with E-state index < -0.39 is 11.7 Å². The Morgan fingerprint density at radius 2 is 1.91 bits per heavy atom. The zero-order chi connectivity index (χ0) is 16.6. The molecule has 118 valence electrons. The SMILES string of the molecule is CC1(C)Oc2ccc(C#N)cc2[C@H](Sc2ccc(Cl)cc2)[C@H]1O. The van der Waals surface area contributed by atoms with Gasteiger partial charge in [-0.3, -0.25) is 0 Å². The summed E-state index contributed by atoms with van der Waals surface area (Å²) < 4.78 is 5.92. The Bertz CT molecular complexity index is 768. The van der Waals surface area contributed by atoms with Gasteiger partial charge in [0.25, 0.3) is 0 Å². The van der Waals surface area contributed by atoms with E-state index in [1.807, 2.05) is 38.1 Å².